The van der Waals surface area contributed by atoms with E-state index in [4.69, 9.17) is 0 Å². The number of hydrogen-bond donors (Lipinski definition) is 2. The first kappa shape index (κ1) is 12.0. The van der Waals surface area contributed by atoms with Crippen LogP contribution in [0.15, 0.2) is 22.7 Å². The molecule has 1 unspecified atom stereocenters. The third-order valence-electron chi connectivity index (χ3n) is 3.23. The van der Waals surface area contributed by atoms with E-state index >= 15 is 0 Å². The second-order valence-electron chi connectivity index (χ2n) is 4.51. The summed E-state index contributed by atoms with van der Waals surface area (Å²) in [5.74, 6) is -0.244. The van der Waals surface area contributed by atoms with Crippen molar-refractivity contribution in [2.75, 3.05) is 19.7 Å². The van der Waals surface area contributed by atoms with Gasteiger partial charge in [-0.05, 0) is 53.0 Å². The van der Waals surface area contributed by atoms with Gasteiger partial charge >= 0.3 is 0 Å². The van der Waals surface area contributed by atoms with Gasteiger partial charge in [-0.25, -0.2) is 4.39 Å². The number of hydrogen-bond acceptors (Lipinski definition) is 2. The summed E-state index contributed by atoms with van der Waals surface area (Å²) >= 11 is 3.18. The molecule has 1 saturated heterocycles. The topological polar surface area (TPSA) is 32.3 Å². The molecule has 16 heavy (non-hydrogen) atoms. The SMILES string of the molecule is OCC1(Cc2ccc(F)c(Br)c2)CCNC1. The Morgan fingerprint density at radius 3 is 2.88 bits per heavy atom. The Bertz CT molecular complexity index is 377. The largest absolute Gasteiger partial charge is 0.396 e. The Kier molecular flexibility index (Phi) is 3.62. The minimum atomic E-state index is -0.244. The molecular weight excluding hydrogens is 273 g/mol. The fraction of sp³-hybridized carbons (Fsp3) is 0.500. The molecule has 0 aromatic heterocycles. The van der Waals surface area contributed by atoms with Crippen LogP contribution in [0.4, 0.5) is 4.39 Å². The van der Waals surface area contributed by atoms with E-state index in [2.05, 4.69) is 21.2 Å². The first-order valence-electron chi connectivity index (χ1n) is 5.41. The maximum absolute atomic E-state index is 13.1. The van der Waals surface area contributed by atoms with Crippen molar-refractivity contribution < 1.29 is 9.50 Å². The van der Waals surface area contributed by atoms with Crippen molar-refractivity contribution in [3.63, 3.8) is 0 Å². The minimum absolute atomic E-state index is 0.0722. The number of aliphatic hydroxyl groups is 1. The van der Waals surface area contributed by atoms with Crippen LogP contribution in [-0.2, 0) is 6.42 Å². The van der Waals surface area contributed by atoms with Crippen LogP contribution in [0, 0.1) is 11.2 Å². The number of nitrogens with one attached hydrogen (secondary N) is 1. The Morgan fingerprint density at radius 2 is 2.31 bits per heavy atom. The Hall–Kier alpha value is -0.450. The van der Waals surface area contributed by atoms with Gasteiger partial charge in [-0.3, -0.25) is 0 Å². The van der Waals surface area contributed by atoms with E-state index in [-0.39, 0.29) is 17.8 Å². The van der Waals surface area contributed by atoms with Crippen molar-refractivity contribution in [2.24, 2.45) is 5.41 Å². The molecule has 2 N–H and O–H groups in total. The molecule has 1 aliphatic rings. The third kappa shape index (κ3) is 2.44. The molecule has 2 rings (SSSR count). The van der Waals surface area contributed by atoms with E-state index in [0.717, 1.165) is 31.5 Å². The van der Waals surface area contributed by atoms with Gasteiger partial charge < -0.3 is 10.4 Å². The van der Waals surface area contributed by atoms with Crippen LogP contribution in [-0.4, -0.2) is 24.8 Å². The first-order chi connectivity index (χ1) is 7.65. The molecule has 0 spiro atoms. The van der Waals surface area contributed by atoms with Crippen LogP contribution in [0.2, 0.25) is 0 Å². The molecule has 88 valence electrons. The summed E-state index contributed by atoms with van der Waals surface area (Å²) in [5.41, 5.74) is 0.989. The quantitative estimate of drug-likeness (QED) is 0.893. The summed E-state index contributed by atoms with van der Waals surface area (Å²) < 4.78 is 13.6. The molecule has 1 aromatic rings. The zero-order valence-electron chi connectivity index (χ0n) is 8.97. The lowest BCUT2D eigenvalue weighted by Crippen LogP contribution is -2.30. The Balaban J connectivity index is 2.16. The Morgan fingerprint density at radius 1 is 1.50 bits per heavy atom. The van der Waals surface area contributed by atoms with Gasteiger partial charge in [0.25, 0.3) is 0 Å². The molecule has 1 heterocycles. The van der Waals surface area contributed by atoms with Crippen LogP contribution < -0.4 is 5.32 Å². The standard InChI is InChI=1S/C12H15BrFNO/c13-10-5-9(1-2-11(10)14)6-12(8-16)3-4-15-7-12/h1-2,5,15-16H,3-4,6-8H2. The highest BCUT2D eigenvalue weighted by Crippen LogP contribution is 2.30. The monoisotopic (exact) mass is 287 g/mol. The molecule has 0 aliphatic carbocycles. The smallest absolute Gasteiger partial charge is 0.137 e. The van der Waals surface area contributed by atoms with Crippen molar-refractivity contribution in [1.82, 2.24) is 5.32 Å². The van der Waals surface area contributed by atoms with Gasteiger partial charge in [-0.2, -0.15) is 0 Å². The van der Waals surface area contributed by atoms with Crippen molar-refractivity contribution in [3.05, 3.63) is 34.1 Å². The highest BCUT2D eigenvalue weighted by atomic mass is 79.9. The molecule has 4 heteroatoms. The second kappa shape index (κ2) is 4.82. The predicted molar refractivity (Wildman–Crippen MR) is 64.8 cm³/mol. The minimum Gasteiger partial charge on any atom is -0.396 e. The summed E-state index contributed by atoms with van der Waals surface area (Å²) in [6.45, 7) is 1.95. The molecular formula is C12H15BrFNO. The number of rotatable bonds is 3. The maximum Gasteiger partial charge on any atom is 0.137 e. The normalized spacial score (nSPS) is 24.9. The van der Waals surface area contributed by atoms with Crippen molar-refractivity contribution in [3.8, 4) is 0 Å². The van der Waals surface area contributed by atoms with Crippen LogP contribution >= 0.6 is 15.9 Å². The van der Waals surface area contributed by atoms with Gasteiger partial charge in [0.15, 0.2) is 0 Å². The summed E-state index contributed by atoms with van der Waals surface area (Å²) in [7, 11) is 0. The molecule has 2 nitrogen and oxygen atoms in total. The predicted octanol–water partition coefficient (Wildman–Crippen LogP) is 2.10. The lowest BCUT2D eigenvalue weighted by molar-refractivity contribution is 0.143. The van der Waals surface area contributed by atoms with Gasteiger partial charge in [0.2, 0.25) is 0 Å². The molecule has 1 aliphatic heterocycles. The van der Waals surface area contributed by atoms with E-state index in [9.17, 15) is 9.50 Å². The lowest BCUT2D eigenvalue weighted by Gasteiger charge is -2.25. The van der Waals surface area contributed by atoms with Gasteiger partial charge in [-0.15, -0.1) is 0 Å². The first-order valence-corrected chi connectivity index (χ1v) is 6.20. The maximum atomic E-state index is 13.1. The van der Waals surface area contributed by atoms with Gasteiger partial charge in [0.05, 0.1) is 11.1 Å². The fourth-order valence-electron chi connectivity index (χ4n) is 2.22. The molecule has 0 radical (unpaired) electrons. The summed E-state index contributed by atoms with van der Waals surface area (Å²) in [5, 5.41) is 12.7. The van der Waals surface area contributed by atoms with E-state index in [1.807, 2.05) is 0 Å². The molecule has 0 amide bonds. The molecule has 1 aromatic carbocycles. The van der Waals surface area contributed by atoms with Crippen molar-refractivity contribution in [2.45, 2.75) is 12.8 Å². The fourth-order valence-corrected chi connectivity index (χ4v) is 2.65. The van der Waals surface area contributed by atoms with Gasteiger partial charge in [-0.1, -0.05) is 6.07 Å². The third-order valence-corrected chi connectivity index (χ3v) is 3.84. The number of benzene rings is 1. The van der Waals surface area contributed by atoms with Crippen molar-refractivity contribution >= 4 is 15.9 Å². The highest BCUT2D eigenvalue weighted by Gasteiger charge is 2.33. The van der Waals surface area contributed by atoms with Gasteiger partial charge in [0.1, 0.15) is 5.82 Å². The summed E-state index contributed by atoms with van der Waals surface area (Å²) in [4.78, 5) is 0. The zero-order valence-corrected chi connectivity index (χ0v) is 10.6. The average Bonchev–Trinajstić information content (AvgIpc) is 2.73. The van der Waals surface area contributed by atoms with Crippen LogP contribution in [0.3, 0.4) is 0 Å². The molecule has 0 bridgehead atoms. The van der Waals surface area contributed by atoms with E-state index in [1.54, 1.807) is 12.1 Å². The van der Waals surface area contributed by atoms with Crippen molar-refractivity contribution in [1.29, 1.82) is 0 Å². The van der Waals surface area contributed by atoms with Gasteiger partial charge in [0, 0.05) is 12.0 Å². The molecule has 1 fully saturated rings. The summed E-state index contributed by atoms with van der Waals surface area (Å²) in [6.07, 6.45) is 1.76. The average molecular weight is 288 g/mol. The zero-order chi connectivity index (χ0) is 11.6. The van der Waals surface area contributed by atoms with E-state index < -0.39 is 0 Å². The number of halogens is 2. The van der Waals surface area contributed by atoms with E-state index in [1.165, 1.54) is 6.07 Å². The number of aliphatic hydroxyl groups excluding tert-OH is 1. The Labute approximate surface area is 103 Å². The highest BCUT2D eigenvalue weighted by molar-refractivity contribution is 9.10. The van der Waals surface area contributed by atoms with Crippen LogP contribution in [0.1, 0.15) is 12.0 Å². The molecule has 1 atom stereocenters. The van der Waals surface area contributed by atoms with E-state index in [0.29, 0.717) is 4.47 Å². The lowest BCUT2D eigenvalue weighted by atomic mass is 9.82. The van der Waals surface area contributed by atoms with Crippen LogP contribution in [0.5, 0.6) is 0 Å². The summed E-state index contributed by atoms with van der Waals surface area (Å²) in [6, 6.07) is 5.05. The molecule has 0 saturated carbocycles. The second-order valence-corrected chi connectivity index (χ2v) is 5.36. The van der Waals surface area contributed by atoms with Crippen LogP contribution in [0.25, 0.3) is 0 Å².